The van der Waals surface area contributed by atoms with Crippen molar-refractivity contribution in [2.75, 3.05) is 7.05 Å². The molecule has 1 heteroatoms. The van der Waals surface area contributed by atoms with Crippen LogP contribution in [0.4, 0.5) is 0 Å². The first kappa shape index (κ1) is 9.54. The molecule has 0 spiro atoms. The zero-order chi connectivity index (χ0) is 7.82. The third-order valence-electron chi connectivity index (χ3n) is 1.57. The van der Waals surface area contributed by atoms with E-state index < -0.39 is 0 Å². The summed E-state index contributed by atoms with van der Waals surface area (Å²) in [6, 6.07) is 0. The van der Waals surface area contributed by atoms with Crippen molar-refractivity contribution in [2.45, 2.75) is 39.5 Å². The van der Waals surface area contributed by atoms with Gasteiger partial charge in [0.25, 0.3) is 0 Å². The predicted molar refractivity (Wildman–Crippen MR) is 47.0 cm³/mol. The zero-order valence-corrected chi connectivity index (χ0v) is 7.41. The van der Waals surface area contributed by atoms with E-state index in [1.165, 1.54) is 25.0 Å². The van der Waals surface area contributed by atoms with Crippen molar-refractivity contribution < 1.29 is 0 Å². The molecule has 0 aliphatic heterocycles. The van der Waals surface area contributed by atoms with Gasteiger partial charge in [0.15, 0.2) is 0 Å². The summed E-state index contributed by atoms with van der Waals surface area (Å²) in [6.45, 7) is 4.39. The Morgan fingerprint density at radius 2 is 2.10 bits per heavy atom. The van der Waals surface area contributed by atoms with E-state index in [0.29, 0.717) is 0 Å². The highest BCUT2D eigenvalue weighted by Gasteiger charge is 1.89. The molecule has 0 unspecified atom stereocenters. The van der Waals surface area contributed by atoms with Gasteiger partial charge in [0, 0.05) is 12.7 Å². The molecule has 1 nitrogen and oxygen atoms in total. The molecule has 0 aliphatic rings. The molecule has 0 aromatic carbocycles. The van der Waals surface area contributed by atoms with Crippen LogP contribution >= 0.6 is 0 Å². The van der Waals surface area contributed by atoms with Crippen LogP contribution in [0.2, 0.25) is 0 Å². The van der Waals surface area contributed by atoms with Crippen LogP contribution in [-0.2, 0) is 0 Å². The number of rotatable bonds is 5. The van der Waals surface area contributed by atoms with Crippen molar-refractivity contribution in [1.82, 2.24) is 5.32 Å². The van der Waals surface area contributed by atoms with Crippen molar-refractivity contribution in [2.24, 2.45) is 0 Å². The number of hydrogen-bond acceptors (Lipinski definition) is 1. The monoisotopic (exact) mass is 141 g/mol. The molecule has 0 aliphatic carbocycles. The Kier molecular flexibility index (Phi) is 6.35. The largest absolute Gasteiger partial charge is 0.392 e. The zero-order valence-electron chi connectivity index (χ0n) is 7.41. The van der Waals surface area contributed by atoms with Gasteiger partial charge in [-0.1, -0.05) is 26.3 Å². The summed E-state index contributed by atoms with van der Waals surface area (Å²) in [7, 11) is 2.00. The number of allylic oxidation sites excluding steroid dienone is 2. The van der Waals surface area contributed by atoms with Gasteiger partial charge in [-0.15, -0.1) is 0 Å². The highest BCUT2D eigenvalue weighted by molar-refractivity contribution is 4.97. The van der Waals surface area contributed by atoms with Gasteiger partial charge in [-0.05, 0) is 19.3 Å². The maximum Gasteiger partial charge on any atom is 0.00634 e. The van der Waals surface area contributed by atoms with Gasteiger partial charge < -0.3 is 5.32 Å². The average Bonchev–Trinajstić information content (AvgIpc) is 1.98. The van der Waals surface area contributed by atoms with Gasteiger partial charge >= 0.3 is 0 Å². The second-order valence-corrected chi connectivity index (χ2v) is 2.49. The quantitative estimate of drug-likeness (QED) is 0.620. The number of nitrogens with one attached hydrogen (secondary N) is 1. The van der Waals surface area contributed by atoms with E-state index in [2.05, 4.69) is 25.2 Å². The van der Waals surface area contributed by atoms with Crippen LogP contribution in [0.15, 0.2) is 11.8 Å². The third-order valence-corrected chi connectivity index (χ3v) is 1.57. The van der Waals surface area contributed by atoms with Crippen molar-refractivity contribution in [3.05, 3.63) is 11.8 Å². The maximum atomic E-state index is 3.20. The lowest BCUT2D eigenvalue weighted by molar-refractivity contribution is 0.739. The lowest BCUT2D eigenvalue weighted by Crippen LogP contribution is -2.05. The van der Waals surface area contributed by atoms with E-state index in [0.717, 1.165) is 6.42 Å². The SMILES string of the molecule is CC/C=C(/CCCC)NC. The summed E-state index contributed by atoms with van der Waals surface area (Å²) in [6.07, 6.45) is 7.19. The molecule has 0 rings (SSSR count). The second kappa shape index (κ2) is 6.66. The van der Waals surface area contributed by atoms with Gasteiger partial charge in [0.05, 0.1) is 0 Å². The van der Waals surface area contributed by atoms with Crippen LogP contribution in [0.5, 0.6) is 0 Å². The first-order valence-electron chi connectivity index (χ1n) is 4.21. The van der Waals surface area contributed by atoms with Crippen LogP contribution in [0.3, 0.4) is 0 Å². The minimum absolute atomic E-state index is 1.14. The topological polar surface area (TPSA) is 12.0 Å². The molecule has 1 N–H and O–H groups in total. The van der Waals surface area contributed by atoms with Crippen LogP contribution in [0, 0.1) is 0 Å². The van der Waals surface area contributed by atoms with Gasteiger partial charge in [0.1, 0.15) is 0 Å². The minimum atomic E-state index is 1.14. The molecule has 0 radical (unpaired) electrons. The lowest BCUT2D eigenvalue weighted by atomic mass is 10.2. The maximum absolute atomic E-state index is 3.20. The molecule has 0 atom stereocenters. The first-order valence-corrected chi connectivity index (χ1v) is 4.21. The van der Waals surface area contributed by atoms with Gasteiger partial charge in [-0.2, -0.15) is 0 Å². The number of hydrogen-bond donors (Lipinski definition) is 1. The van der Waals surface area contributed by atoms with Crippen LogP contribution < -0.4 is 5.32 Å². The molecule has 0 aromatic heterocycles. The van der Waals surface area contributed by atoms with Crippen LogP contribution in [-0.4, -0.2) is 7.05 Å². The Bertz CT molecular complexity index is 94.9. The van der Waals surface area contributed by atoms with Crippen molar-refractivity contribution in [3.63, 3.8) is 0 Å². The van der Waals surface area contributed by atoms with Crippen molar-refractivity contribution in [3.8, 4) is 0 Å². The molecule has 0 amide bonds. The summed E-state index contributed by atoms with van der Waals surface area (Å²) in [5, 5.41) is 3.20. The summed E-state index contributed by atoms with van der Waals surface area (Å²) >= 11 is 0. The molecule has 10 heavy (non-hydrogen) atoms. The van der Waals surface area contributed by atoms with Gasteiger partial charge in [-0.25, -0.2) is 0 Å². The highest BCUT2D eigenvalue weighted by Crippen LogP contribution is 2.03. The highest BCUT2D eigenvalue weighted by atomic mass is 14.8. The molecule has 0 fully saturated rings. The number of unbranched alkanes of at least 4 members (excludes halogenated alkanes) is 1. The molecule has 0 heterocycles. The Morgan fingerprint density at radius 3 is 2.50 bits per heavy atom. The van der Waals surface area contributed by atoms with E-state index in [-0.39, 0.29) is 0 Å². The molecule has 0 bridgehead atoms. The van der Waals surface area contributed by atoms with Gasteiger partial charge in [0.2, 0.25) is 0 Å². The minimum Gasteiger partial charge on any atom is -0.392 e. The Balaban J connectivity index is 3.49. The summed E-state index contributed by atoms with van der Waals surface area (Å²) < 4.78 is 0. The average molecular weight is 141 g/mol. The van der Waals surface area contributed by atoms with E-state index in [4.69, 9.17) is 0 Å². The van der Waals surface area contributed by atoms with E-state index >= 15 is 0 Å². The van der Waals surface area contributed by atoms with Gasteiger partial charge in [-0.3, -0.25) is 0 Å². The fourth-order valence-electron chi connectivity index (χ4n) is 0.943. The fraction of sp³-hybridized carbons (Fsp3) is 0.778. The molecular formula is C9H19N. The molecule has 0 saturated heterocycles. The summed E-state index contributed by atoms with van der Waals surface area (Å²) in [5.74, 6) is 0. The van der Waals surface area contributed by atoms with Crippen molar-refractivity contribution in [1.29, 1.82) is 0 Å². The summed E-state index contributed by atoms with van der Waals surface area (Å²) in [5.41, 5.74) is 1.39. The van der Waals surface area contributed by atoms with E-state index in [9.17, 15) is 0 Å². The molecule has 0 aromatic rings. The lowest BCUT2D eigenvalue weighted by Gasteiger charge is -2.04. The van der Waals surface area contributed by atoms with Crippen LogP contribution in [0.25, 0.3) is 0 Å². The van der Waals surface area contributed by atoms with Crippen LogP contribution in [0.1, 0.15) is 39.5 Å². The van der Waals surface area contributed by atoms with E-state index in [1.54, 1.807) is 0 Å². The Labute approximate surface area is 64.5 Å². The molecule has 60 valence electrons. The predicted octanol–water partition coefficient (Wildman–Crippen LogP) is 2.69. The first-order chi connectivity index (χ1) is 4.85. The molecule has 0 saturated carbocycles. The third kappa shape index (κ3) is 4.42. The van der Waals surface area contributed by atoms with E-state index in [1.807, 2.05) is 7.05 Å². The standard InChI is InChI=1S/C9H19N/c1-4-6-8-9(10-3)7-5-2/h7,10H,4-6,8H2,1-3H3/b9-7-. The second-order valence-electron chi connectivity index (χ2n) is 2.49. The fourth-order valence-corrected chi connectivity index (χ4v) is 0.943. The normalized spacial score (nSPS) is 11.7. The smallest absolute Gasteiger partial charge is 0.00634 e. The molecular weight excluding hydrogens is 122 g/mol. The Hall–Kier alpha value is -0.460. The Morgan fingerprint density at radius 1 is 1.40 bits per heavy atom. The van der Waals surface area contributed by atoms with Crippen molar-refractivity contribution >= 4 is 0 Å². The summed E-state index contributed by atoms with van der Waals surface area (Å²) in [4.78, 5) is 0.